The molecule has 0 aliphatic carbocycles. The number of aromatic nitrogens is 2. The van der Waals surface area contributed by atoms with Gasteiger partial charge in [0.25, 0.3) is 0 Å². The number of ether oxygens (including phenoxy) is 2. The zero-order valence-electron chi connectivity index (χ0n) is 11.9. The van der Waals surface area contributed by atoms with E-state index in [0.29, 0.717) is 23.1 Å². The summed E-state index contributed by atoms with van der Waals surface area (Å²) in [6, 6.07) is 5.34. The molecule has 0 saturated carbocycles. The van der Waals surface area contributed by atoms with E-state index in [-0.39, 0.29) is 12.6 Å². The molecule has 1 aromatic heterocycles. The molecule has 1 fully saturated rings. The predicted molar refractivity (Wildman–Crippen MR) is 79.3 cm³/mol. The first-order valence-corrected chi connectivity index (χ1v) is 7.24. The number of hydrogen-bond acceptors (Lipinski definition) is 6. The van der Waals surface area contributed by atoms with Crippen LogP contribution in [0.5, 0.6) is 11.5 Å². The molecule has 1 aromatic carbocycles. The van der Waals surface area contributed by atoms with Gasteiger partial charge in [-0.1, -0.05) is 0 Å². The Hall–Kier alpha value is -2.57. The number of hydrogen-bond donors (Lipinski definition) is 1. The molecular formula is C15H15FN4O2. The Bertz CT molecular complexity index is 704. The van der Waals surface area contributed by atoms with Crippen molar-refractivity contribution in [1.29, 1.82) is 0 Å². The normalized spacial score (nSPS) is 16.1. The van der Waals surface area contributed by atoms with Crippen molar-refractivity contribution in [3.63, 3.8) is 0 Å². The first-order chi connectivity index (χ1) is 10.8. The summed E-state index contributed by atoms with van der Waals surface area (Å²) in [5.41, 5.74) is 0.689. The summed E-state index contributed by atoms with van der Waals surface area (Å²) in [5.74, 6) is 1.56. The van der Waals surface area contributed by atoms with Gasteiger partial charge in [-0.25, -0.2) is 9.37 Å². The number of halogens is 1. The standard InChI is InChI=1S/C15H15FN4O2/c16-11-8-17-15(20-5-1-2-6-20)19-14(11)18-10-3-4-12-13(7-10)22-9-21-12/h3-4,7-8H,1-2,5-6,9H2,(H,17,18,19). The maximum absolute atomic E-state index is 14.0. The Morgan fingerprint density at radius 2 is 1.95 bits per heavy atom. The highest BCUT2D eigenvalue weighted by Crippen LogP contribution is 2.35. The van der Waals surface area contributed by atoms with E-state index >= 15 is 0 Å². The molecule has 2 aromatic rings. The molecule has 0 unspecified atom stereocenters. The van der Waals surface area contributed by atoms with E-state index in [0.717, 1.165) is 25.9 Å². The Morgan fingerprint density at radius 1 is 1.14 bits per heavy atom. The summed E-state index contributed by atoms with van der Waals surface area (Å²) in [7, 11) is 0. The molecular weight excluding hydrogens is 287 g/mol. The van der Waals surface area contributed by atoms with Crippen LogP contribution in [-0.2, 0) is 0 Å². The van der Waals surface area contributed by atoms with Crippen LogP contribution < -0.4 is 19.7 Å². The van der Waals surface area contributed by atoms with E-state index in [4.69, 9.17) is 9.47 Å². The molecule has 1 N–H and O–H groups in total. The average Bonchev–Trinajstić information content (AvgIpc) is 3.19. The molecule has 3 heterocycles. The number of fused-ring (bicyclic) bond motifs is 1. The minimum Gasteiger partial charge on any atom is -0.454 e. The second-order valence-electron chi connectivity index (χ2n) is 5.25. The van der Waals surface area contributed by atoms with Crippen molar-refractivity contribution in [2.24, 2.45) is 0 Å². The molecule has 1 saturated heterocycles. The molecule has 0 bridgehead atoms. The Morgan fingerprint density at radius 3 is 2.82 bits per heavy atom. The smallest absolute Gasteiger partial charge is 0.231 e. The van der Waals surface area contributed by atoms with Gasteiger partial charge < -0.3 is 19.7 Å². The SMILES string of the molecule is Fc1cnc(N2CCCC2)nc1Nc1ccc2c(c1)OCO2. The molecule has 6 nitrogen and oxygen atoms in total. The zero-order valence-corrected chi connectivity index (χ0v) is 11.9. The van der Waals surface area contributed by atoms with Crippen molar-refractivity contribution in [3.05, 3.63) is 30.2 Å². The highest BCUT2D eigenvalue weighted by Gasteiger charge is 2.18. The van der Waals surface area contributed by atoms with Gasteiger partial charge in [-0.05, 0) is 25.0 Å². The van der Waals surface area contributed by atoms with Crippen LogP contribution in [0.2, 0.25) is 0 Å². The number of nitrogens with one attached hydrogen (secondary N) is 1. The monoisotopic (exact) mass is 302 g/mol. The molecule has 2 aliphatic heterocycles. The summed E-state index contributed by atoms with van der Waals surface area (Å²) in [5, 5.41) is 2.98. The first-order valence-electron chi connectivity index (χ1n) is 7.24. The van der Waals surface area contributed by atoms with Crippen molar-refractivity contribution in [2.75, 3.05) is 30.1 Å². The third kappa shape index (κ3) is 2.38. The molecule has 0 spiro atoms. The van der Waals surface area contributed by atoms with Gasteiger partial charge in [-0.2, -0.15) is 4.98 Å². The lowest BCUT2D eigenvalue weighted by molar-refractivity contribution is 0.174. The Labute approximate surface area is 126 Å². The quantitative estimate of drug-likeness (QED) is 0.940. The number of nitrogens with zero attached hydrogens (tertiary/aromatic N) is 3. The van der Waals surface area contributed by atoms with Gasteiger partial charge >= 0.3 is 0 Å². The van der Waals surface area contributed by atoms with Crippen molar-refractivity contribution >= 4 is 17.5 Å². The van der Waals surface area contributed by atoms with E-state index < -0.39 is 5.82 Å². The van der Waals surface area contributed by atoms with E-state index in [1.54, 1.807) is 18.2 Å². The zero-order chi connectivity index (χ0) is 14.9. The summed E-state index contributed by atoms with van der Waals surface area (Å²) in [6.07, 6.45) is 3.44. The summed E-state index contributed by atoms with van der Waals surface area (Å²) in [6.45, 7) is 2.03. The average molecular weight is 302 g/mol. The van der Waals surface area contributed by atoms with Crippen LogP contribution in [0, 0.1) is 5.82 Å². The fraction of sp³-hybridized carbons (Fsp3) is 0.333. The fourth-order valence-corrected chi connectivity index (χ4v) is 2.63. The Kier molecular flexibility index (Phi) is 3.17. The van der Waals surface area contributed by atoms with Crippen molar-refractivity contribution < 1.29 is 13.9 Å². The van der Waals surface area contributed by atoms with Gasteiger partial charge in [0.05, 0.1) is 6.20 Å². The minimum absolute atomic E-state index is 0.163. The maximum Gasteiger partial charge on any atom is 0.231 e. The van der Waals surface area contributed by atoms with Crippen molar-refractivity contribution in [3.8, 4) is 11.5 Å². The van der Waals surface area contributed by atoms with Crippen LogP contribution in [0.15, 0.2) is 24.4 Å². The second kappa shape index (κ2) is 5.32. The molecule has 0 radical (unpaired) electrons. The number of rotatable bonds is 3. The van der Waals surface area contributed by atoms with Crippen LogP contribution in [-0.4, -0.2) is 29.9 Å². The summed E-state index contributed by atoms with van der Waals surface area (Å²) < 4.78 is 24.5. The maximum atomic E-state index is 14.0. The fourth-order valence-electron chi connectivity index (χ4n) is 2.63. The molecule has 22 heavy (non-hydrogen) atoms. The molecule has 2 aliphatic rings. The van der Waals surface area contributed by atoms with Gasteiger partial charge in [-0.3, -0.25) is 0 Å². The largest absolute Gasteiger partial charge is 0.454 e. The Balaban J connectivity index is 1.60. The third-order valence-corrected chi connectivity index (χ3v) is 3.76. The van der Waals surface area contributed by atoms with E-state index in [1.165, 1.54) is 6.20 Å². The van der Waals surface area contributed by atoms with Crippen LogP contribution in [0.1, 0.15) is 12.8 Å². The predicted octanol–water partition coefficient (Wildman–Crippen LogP) is 2.69. The molecule has 7 heteroatoms. The number of benzene rings is 1. The van der Waals surface area contributed by atoms with E-state index in [9.17, 15) is 4.39 Å². The van der Waals surface area contributed by atoms with Crippen LogP contribution in [0.3, 0.4) is 0 Å². The van der Waals surface area contributed by atoms with E-state index in [2.05, 4.69) is 20.2 Å². The van der Waals surface area contributed by atoms with Crippen LogP contribution >= 0.6 is 0 Å². The summed E-state index contributed by atoms with van der Waals surface area (Å²) >= 11 is 0. The van der Waals surface area contributed by atoms with Gasteiger partial charge in [0.15, 0.2) is 23.1 Å². The highest BCUT2D eigenvalue weighted by molar-refractivity contribution is 5.62. The number of anilines is 3. The summed E-state index contributed by atoms with van der Waals surface area (Å²) in [4.78, 5) is 10.4. The second-order valence-corrected chi connectivity index (χ2v) is 5.25. The molecule has 0 atom stereocenters. The van der Waals surface area contributed by atoms with Gasteiger partial charge in [0, 0.05) is 24.8 Å². The van der Waals surface area contributed by atoms with E-state index in [1.807, 2.05) is 0 Å². The first kappa shape index (κ1) is 13.1. The third-order valence-electron chi connectivity index (χ3n) is 3.76. The van der Waals surface area contributed by atoms with Gasteiger partial charge in [-0.15, -0.1) is 0 Å². The van der Waals surface area contributed by atoms with Gasteiger partial charge in [0.2, 0.25) is 12.7 Å². The molecule has 114 valence electrons. The van der Waals surface area contributed by atoms with Crippen LogP contribution in [0.25, 0.3) is 0 Å². The lowest BCUT2D eigenvalue weighted by Crippen LogP contribution is -2.21. The minimum atomic E-state index is -0.486. The lowest BCUT2D eigenvalue weighted by Gasteiger charge is -2.16. The van der Waals surface area contributed by atoms with Crippen molar-refractivity contribution in [1.82, 2.24) is 9.97 Å². The van der Waals surface area contributed by atoms with Crippen LogP contribution in [0.4, 0.5) is 21.8 Å². The molecule has 4 rings (SSSR count). The van der Waals surface area contributed by atoms with Crippen molar-refractivity contribution in [2.45, 2.75) is 12.8 Å². The topological polar surface area (TPSA) is 59.5 Å². The van der Waals surface area contributed by atoms with Gasteiger partial charge in [0.1, 0.15) is 0 Å². The highest BCUT2D eigenvalue weighted by atomic mass is 19.1. The molecule has 0 amide bonds. The lowest BCUT2D eigenvalue weighted by atomic mass is 10.3.